The third-order valence-electron chi connectivity index (χ3n) is 4.39. The van der Waals surface area contributed by atoms with Crippen LogP contribution in [0.1, 0.15) is 56.4 Å². The van der Waals surface area contributed by atoms with Crippen LogP contribution in [0.2, 0.25) is 0 Å². The van der Waals surface area contributed by atoms with Crippen LogP contribution >= 0.6 is 12.2 Å². The molecule has 0 unspecified atom stereocenters. The lowest BCUT2D eigenvalue weighted by Crippen LogP contribution is -2.44. The summed E-state index contributed by atoms with van der Waals surface area (Å²) >= 11 is 5.36. The summed E-state index contributed by atoms with van der Waals surface area (Å²) in [6.45, 7) is 8.43. The minimum atomic E-state index is 0.477. The van der Waals surface area contributed by atoms with E-state index in [-0.39, 0.29) is 0 Å². The first-order valence-electron chi connectivity index (χ1n) is 7.74. The van der Waals surface area contributed by atoms with Gasteiger partial charge in [0.05, 0.1) is 5.71 Å². The van der Waals surface area contributed by atoms with Gasteiger partial charge in [0.15, 0.2) is 5.11 Å². The number of nitrogens with zero attached hydrogens (tertiary/aromatic N) is 1. The van der Waals surface area contributed by atoms with Crippen molar-refractivity contribution in [1.29, 1.82) is 0 Å². The van der Waals surface area contributed by atoms with Crippen molar-refractivity contribution < 1.29 is 0 Å². The topological polar surface area (TPSA) is 52.2 Å². The minimum absolute atomic E-state index is 0.477. The summed E-state index contributed by atoms with van der Waals surface area (Å²) < 4.78 is 0. The summed E-state index contributed by atoms with van der Waals surface area (Å²) in [5.74, 6) is 0.678. The maximum atomic E-state index is 5.36. The number of aromatic amines is 1. The zero-order valence-electron chi connectivity index (χ0n) is 13.4. The molecule has 0 saturated heterocycles. The highest BCUT2D eigenvalue weighted by Gasteiger charge is 2.21. The second-order valence-electron chi connectivity index (χ2n) is 6.12. The third-order valence-corrected chi connectivity index (χ3v) is 4.60. The van der Waals surface area contributed by atoms with E-state index in [4.69, 9.17) is 12.2 Å². The van der Waals surface area contributed by atoms with E-state index in [1.807, 2.05) is 13.1 Å². The number of hydrazone groups is 1. The second kappa shape index (κ2) is 7.07. The lowest BCUT2D eigenvalue weighted by molar-refractivity contribution is 0.308. The van der Waals surface area contributed by atoms with Crippen LogP contribution in [-0.4, -0.2) is 21.8 Å². The van der Waals surface area contributed by atoms with E-state index >= 15 is 0 Å². The number of rotatable bonds is 3. The molecule has 0 aliphatic heterocycles. The second-order valence-corrected chi connectivity index (χ2v) is 6.53. The number of nitrogens with one attached hydrogen (secondary N) is 3. The van der Waals surface area contributed by atoms with Gasteiger partial charge in [0.25, 0.3) is 0 Å². The fourth-order valence-corrected chi connectivity index (χ4v) is 3.33. The van der Waals surface area contributed by atoms with E-state index in [0.717, 1.165) is 17.0 Å². The summed E-state index contributed by atoms with van der Waals surface area (Å²) in [5, 5.41) is 8.45. The van der Waals surface area contributed by atoms with Gasteiger partial charge >= 0.3 is 0 Å². The van der Waals surface area contributed by atoms with Crippen molar-refractivity contribution in [3.8, 4) is 0 Å². The quantitative estimate of drug-likeness (QED) is 0.456. The van der Waals surface area contributed by atoms with Crippen LogP contribution in [0.15, 0.2) is 11.3 Å². The normalized spacial score (nSPS) is 23.0. The SMILES string of the molecule is C/C(=N\NC(=S)N[C@H]1CCCC[C@H]1C)c1c(C)c[nH]c1C. The zero-order valence-corrected chi connectivity index (χ0v) is 14.2. The highest BCUT2D eigenvalue weighted by molar-refractivity contribution is 7.80. The summed E-state index contributed by atoms with van der Waals surface area (Å²) in [4.78, 5) is 3.22. The highest BCUT2D eigenvalue weighted by Crippen LogP contribution is 2.23. The largest absolute Gasteiger partial charge is 0.364 e. The van der Waals surface area contributed by atoms with Gasteiger partial charge in [-0.25, -0.2) is 0 Å². The van der Waals surface area contributed by atoms with Crippen molar-refractivity contribution in [2.45, 2.75) is 59.4 Å². The Hall–Kier alpha value is -1.36. The average molecular weight is 306 g/mol. The van der Waals surface area contributed by atoms with Gasteiger partial charge in [-0.2, -0.15) is 5.10 Å². The first-order chi connectivity index (χ1) is 9.99. The summed E-state index contributed by atoms with van der Waals surface area (Å²) in [6.07, 6.45) is 7.10. The molecule has 1 aliphatic rings. The van der Waals surface area contributed by atoms with Gasteiger partial charge < -0.3 is 10.3 Å². The first kappa shape index (κ1) is 16.0. The molecule has 0 bridgehead atoms. The van der Waals surface area contributed by atoms with Crippen LogP contribution in [0.4, 0.5) is 0 Å². The predicted octanol–water partition coefficient (Wildman–Crippen LogP) is 3.40. The van der Waals surface area contributed by atoms with E-state index in [1.54, 1.807) is 0 Å². The number of H-pyrrole nitrogens is 1. The molecular formula is C16H26N4S. The summed E-state index contributed by atoms with van der Waals surface area (Å²) in [5.41, 5.74) is 7.44. The van der Waals surface area contributed by atoms with Gasteiger partial charge in [0.2, 0.25) is 0 Å². The Morgan fingerprint density at radius 3 is 2.67 bits per heavy atom. The molecule has 1 fully saturated rings. The van der Waals surface area contributed by atoms with Gasteiger partial charge in [-0.1, -0.05) is 19.8 Å². The van der Waals surface area contributed by atoms with E-state index in [0.29, 0.717) is 17.1 Å². The van der Waals surface area contributed by atoms with E-state index in [1.165, 1.54) is 31.2 Å². The van der Waals surface area contributed by atoms with Crippen molar-refractivity contribution in [1.82, 2.24) is 15.7 Å². The van der Waals surface area contributed by atoms with Gasteiger partial charge in [0, 0.05) is 23.5 Å². The fourth-order valence-electron chi connectivity index (χ4n) is 3.14. The Morgan fingerprint density at radius 1 is 1.33 bits per heavy atom. The number of aromatic nitrogens is 1. The molecule has 0 radical (unpaired) electrons. The molecule has 0 amide bonds. The van der Waals surface area contributed by atoms with E-state index in [9.17, 15) is 0 Å². The summed E-state index contributed by atoms with van der Waals surface area (Å²) in [7, 11) is 0. The molecule has 116 valence electrons. The molecule has 0 spiro atoms. The molecule has 1 aromatic heterocycles. The molecule has 1 heterocycles. The summed E-state index contributed by atoms with van der Waals surface area (Å²) in [6, 6.07) is 0.477. The smallest absolute Gasteiger partial charge is 0.187 e. The molecule has 2 atom stereocenters. The molecule has 1 aliphatic carbocycles. The van der Waals surface area contributed by atoms with Gasteiger partial charge in [0.1, 0.15) is 0 Å². The zero-order chi connectivity index (χ0) is 15.4. The lowest BCUT2D eigenvalue weighted by atomic mass is 9.86. The van der Waals surface area contributed by atoms with Gasteiger partial charge in [-0.15, -0.1) is 0 Å². The van der Waals surface area contributed by atoms with E-state index < -0.39 is 0 Å². The van der Waals surface area contributed by atoms with Crippen LogP contribution in [0.5, 0.6) is 0 Å². The molecular weight excluding hydrogens is 280 g/mol. The Labute approximate surface area is 132 Å². The highest BCUT2D eigenvalue weighted by atomic mass is 32.1. The van der Waals surface area contributed by atoms with Crippen LogP contribution in [0, 0.1) is 19.8 Å². The van der Waals surface area contributed by atoms with Crippen molar-refractivity contribution in [2.24, 2.45) is 11.0 Å². The third kappa shape index (κ3) is 4.06. The maximum absolute atomic E-state index is 5.36. The predicted molar refractivity (Wildman–Crippen MR) is 92.8 cm³/mol. The van der Waals surface area contributed by atoms with Crippen LogP contribution in [0.25, 0.3) is 0 Å². The maximum Gasteiger partial charge on any atom is 0.187 e. The van der Waals surface area contributed by atoms with Crippen molar-refractivity contribution in [2.75, 3.05) is 0 Å². The molecule has 21 heavy (non-hydrogen) atoms. The average Bonchev–Trinajstić information content (AvgIpc) is 2.78. The Morgan fingerprint density at radius 2 is 2.05 bits per heavy atom. The lowest BCUT2D eigenvalue weighted by Gasteiger charge is -2.30. The monoisotopic (exact) mass is 306 g/mol. The van der Waals surface area contributed by atoms with Crippen molar-refractivity contribution in [3.63, 3.8) is 0 Å². The van der Waals surface area contributed by atoms with Crippen molar-refractivity contribution >= 4 is 23.0 Å². The van der Waals surface area contributed by atoms with Crippen LogP contribution in [-0.2, 0) is 0 Å². The van der Waals surface area contributed by atoms with Crippen molar-refractivity contribution in [3.05, 3.63) is 23.0 Å². The van der Waals surface area contributed by atoms with Crippen LogP contribution < -0.4 is 10.7 Å². The molecule has 3 N–H and O–H groups in total. The molecule has 1 saturated carbocycles. The Kier molecular flexibility index (Phi) is 5.39. The van der Waals surface area contributed by atoms with Crippen LogP contribution in [0.3, 0.4) is 0 Å². The Balaban J connectivity index is 1.92. The number of hydrogen-bond donors (Lipinski definition) is 3. The Bertz CT molecular complexity index is 513. The van der Waals surface area contributed by atoms with Gasteiger partial charge in [-0.05, 0) is 57.3 Å². The number of aryl methyl sites for hydroxylation is 2. The minimum Gasteiger partial charge on any atom is -0.364 e. The van der Waals surface area contributed by atoms with Gasteiger partial charge in [-0.3, -0.25) is 5.43 Å². The molecule has 2 rings (SSSR count). The molecule has 0 aromatic carbocycles. The fraction of sp³-hybridized carbons (Fsp3) is 0.625. The molecule has 5 heteroatoms. The standard InChI is InChI=1S/C16H26N4S/c1-10-7-5-6-8-14(10)18-16(21)20-19-13(4)15-11(2)9-17-12(15)3/h9-10,14,17H,5-8H2,1-4H3,(H2,18,20,21)/b19-13+/t10-,14+/m1/s1. The van der Waals surface area contributed by atoms with E-state index in [2.05, 4.69) is 41.6 Å². The number of hydrogen-bond acceptors (Lipinski definition) is 2. The molecule has 4 nitrogen and oxygen atoms in total. The molecule has 1 aromatic rings. The first-order valence-corrected chi connectivity index (χ1v) is 8.15. The number of thiocarbonyl (C=S) groups is 1.